The minimum absolute atomic E-state index is 0.368. The zero-order valence-electron chi connectivity index (χ0n) is 12.0. The average Bonchev–Trinajstić information content (AvgIpc) is 2.40. The van der Waals surface area contributed by atoms with Gasteiger partial charge in [0.25, 0.3) is 0 Å². The Labute approximate surface area is 111 Å². The minimum atomic E-state index is 0.368. The van der Waals surface area contributed by atoms with Crippen molar-refractivity contribution < 1.29 is 4.79 Å². The second-order valence-corrected chi connectivity index (χ2v) is 6.40. The van der Waals surface area contributed by atoms with Gasteiger partial charge in [-0.05, 0) is 37.6 Å². The molecule has 2 fully saturated rings. The molecule has 0 aliphatic carbocycles. The lowest BCUT2D eigenvalue weighted by Gasteiger charge is -2.39. The summed E-state index contributed by atoms with van der Waals surface area (Å²) in [6.07, 6.45) is 8.01. The standard InChI is InChI=1S/C15H28N2O/c1-3-15(2)7-10-17(11-8-15)14(18)12-13-6-4-5-9-16-13/h13,16H,3-12H2,1-2H3. The molecule has 1 unspecified atom stereocenters. The number of amides is 1. The van der Waals surface area contributed by atoms with E-state index in [1.54, 1.807) is 0 Å². The first-order chi connectivity index (χ1) is 8.63. The largest absolute Gasteiger partial charge is 0.343 e. The number of likely N-dealkylation sites (tertiary alicyclic amines) is 1. The van der Waals surface area contributed by atoms with E-state index in [9.17, 15) is 4.79 Å². The van der Waals surface area contributed by atoms with Crippen molar-refractivity contribution in [3.8, 4) is 0 Å². The molecule has 2 aliphatic heterocycles. The highest BCUT2D eigenvalue weighted by molar-refractivity contribution is 5.77. The first-order valence-electron chi connectivity index (χ1n) is 7.64. The molecule has 3 heteroatoms. The Morgan fingerprint density at radius 2 is 2.06 bits per heavy atom. The summed E-state index contributed by atoms with van der Waals surface area (Å²) in [6.45, 7) is 7.65. The van der Waals surface area contributed by atoms with Crippen LogP contribution in [0, 0.1) is 5.41 Å². The monoisotopic (exact) mass is 252 g/mol. The van der Waals surface area contributed by atoms with E-state index in [-0.39, 0.29) is 0 Å². The van der Waals surface area contributed by atoms with Gasteiger partial charge < -0.3 is 10.2 Å². The van der Waals surface area contributed by atoms with Gasteiger partial charge in [-0.15, -0.1) is 0 Å². The van der Waals surface area contributed by atoms with Gasteiger partial charge in [-0.2, -0.15) is 0 Å². The number of rotatable bonds is 3. The molecule has 2 saturated heterocycles. The average molecular weight is 252 g/mol. The van der Waals surface area contributed by atoms with Crippen LogP contribution in [0.5, 0.6) is 0 Å². The molecular formula is C15H28N2O. The number of piperidine rings is 2. The summed E-state index contributed by atoms with van der Waals surface area (Å²) in [5, 5.41) is 3.47. The van der Waals surface area contributed by atoms with Crippen LogP contribution in [-0.2, 0) is 4.79 Å². The number of hydrogen-bond donors (Lipinski definition) is 1. The van der Waals surface area contributed by atoms with Gasteiger partial charge in [0.15, 0.2) is 0 Å². The molecule has 0 aromatic heterocycles. The Hall–Kier alpha value is -0.570. The van der Waals surface area contributed by atoms with Crippen molar-refractivity contribution in [3.63, 3.8) is 0 Å². The Balaban J connectivity index is 1.76. The number of nitrogens with one attached hydrogen (secondary N) is 1. The predicted molar refractivity (Wildman–Crippen MR) is 74.5 cm³/mol. The maximum atomic E-state index is 12.3. The molecular weight excluding hydrogens is 224 g/mol. The highest BCUT2D eigenvalue weighted by Crippen LogP contribution is 2.34. The van der Waals surface area contributed by atoms with Gasteiger partial charge in [-0.1, -0.05) is 26.7 Å². The molecule has 0 radical (unpaired) electrons. The highest BCUT2D eigenvalue weighted by Gasteiger charge is 2.30. The van der Waals surface area contributed by atoms with Crippen LogP contribution >= 0.6 is 0 Å². The van der Waals surface area contributed by atoms with Crippen LogP contribution < -0.4 is 5.32 Å². The van der Waals surface area contributed by atoms with Crippen LogP contribution in [0.2, 0.25) is 0 Å². The van der Waals surface area contributed by atoms with Crippen molar-refractivity contribution in [2.45, 2.75) is 64.8 Å². The molecule has 0 aromatic rings. The Kier molecular flexibility index (Phi) is 4.66. The fourth-order valence-electron chi connectivity index (χ4n) is 3.09. The Morgan fingerprint density at radius 1 is 1.33 bits per heavy atom. The highest BCUT2D eigenvalue weighted by atomic mass is 16.2. The van der Waals surface area contributed by atoms with E-state index < -0.39 is 0 Å². The first kappa shape index (κ1) is 13.9. The maximum Gasteiger partial charge on any atom is 0.224 e. The summed E-state index contributed by atoms with van der Waals surface area (Å²) in [5.74, 6) is 0.368. The Bertz CT molecular complexity index is 276. The van der Waals surface area contributed by atoms with Gasteiger partial charge >= 0.3 is 0 Å². The molecule has 18 heavy (non-hydrogen) atoms. The number of nitrogens with zero attached hydrogens (tertiary/aromatic N) is 1. The molecule has 1 atom stereocenters. The van der Waals surface area contributed by atoms with Crippen LogP contribution in [0.4, 0.5) is 0 Å². The van der Waals surface area contributed by atoms with Crippen molar-refractivity contribution in [3.05, 3.63) is 0 Å². The van der Waals surface area contributed by atoms with E-state index in [0.717, 1.165) is 19.6 Å². The molecule has 2 heterocycles. The van der Waals surface area contributed by atoms with Gasteiger partial charge in [0.1, 0.15) is 0 Å². The summed E-state index contributed by atoms with van der Waals surface area (Å²) >= 11 is 0. The molecule has 1 N–H and O–H groups in total. The molecule has 3 nitrogen and oxygen atoms in total. The molecule has 104 valence electrons. The lowest BCUT2D eigenvalue weighted by molar-refractivity contribution is -0.134. The molecule has 0 aromatic carbocycles. The predicted octanol–water partition coefficient (Wildman–Crippen LogP) is 2.56. The van der Waals surface area contributed by atoms with E-state index in [4.69, 9.17) is 0 Å². The van der Waals surface area contributed by atoms with Gasteiger partial charge in [0.05, 0.1) is 0 Å². The third-order valence-corrected chi connectivity index (χ3v) is 5.01. The quantitative estimate of drug-likeness (QED) is 0.837. The van der Waals surface area contributed by atoms with Crippen LogP contribution in [0.15, 0.2) is 0 Å². The normalized spacial score (nSPS) is 28.1. The Morgan fingerprint density at radius 3 is 2.61 bits per heavy atom. The van der Waals surface area contributed by atoms with Crippen LogP contribution in [-0.4, -0.2) is 36.5 Å². The number of carbonyl (C=O) groups excluding carboxylic acids is 1. The molecule has 2 rings (SSSR count). The summed E-state index contributed by atoms with van der Waals surface area (Å²) in [5.41, 5.74) is 0.472. The van der Waals surface area contributed by atoms with Crippen molar-refractivity contribution in [1.82, 2.24) is 10.2 Å². The van der Waals surface area contributed by atoms with Crippen LogP contribution in [0.25, 0.3) is 0 Å². The zero-order chi connectivity index (χ0) is 13.0. The van der Waals surface area contributed by atoms with Gasteiger partial charge in [-0.25, -0.2) is 0 Å². The van der Waals surface area contributed by atoms with Crippen molar-refractivity contribution in [2.75, 3.05) is 19.6 Å². The topological polar surface area (TPSA) is 32.3 Å². The van der Waals surface area contributed by atoms with Gasteiger partial charge in [0.2, 0.25) is 5.91 Å². The van der Waals surface area contributed by atoms with Crippen LogP contribution in [0.1, 0.15) is 58.8 Å². The second-order valence-electron chi connectivity index (χ2n) is 6.40. The molecule has 0 saturated carbocycles. The fraction of sp³-hybridized carbons (Fsp3) is 0.933. The maximum absolute atomic E-state index is 12.3. The second kappa shape index (κ2) is 6.05. The smallest absolute Gasteiger partial charge is 0.224 e. The summed E-state index contributed by atoms with van der Waals surface area (Å²) < 4.78 is 0. The van der Waals surface area contributed by atoms with E-state index in [1.165, 1.54) is 38.5 Å². The van der Waals surface area contributed by atoms with E-state index in [0.29, 0.717) is 23.8 Å². The first-order valence-corrected chi connectivity index (χ1v) is 7.64. The fourth-order valence-corrected chi connectivity index (χ4v) is 3.09. The van der Waals surface area contributed by atoms with Crippen molar-refractivity contribution in [1.29, 1.82) is 0 Å². The third kappa shape index (κ3) is 3.47. The molecule has 0 spiro atoms. The van der Waals surface area contributed by atoms with E-state index in [2.05, 4.69) is 24.1 Å². The lowest BCUT2D eigenvalue weighted by atomic mass is 9.78. The van der Waals surface area contributed by atoms with E-state index in [1.807, 2.05) is 0 Å². The number of hydrogen-bond acceptors (Lipinski definition) is 2. The third-order valence-electron chi connectivity index (χ3n) is 5.01. The summed E-state index contributed by atoms with van der Waals surface area (Å²) in [6, 6.07) is 0.436. The number of carbonyl (C=O) groups is 1. The van der Waals surface area contributed by atoms with Crippen molar-refractivity contribution >= 4 is 5.91 Å². The van der Waals surface area contributed by atoms with Crippen molar-refractivity contribution in [2.24, 2.45) is 5.41 Å². The molecule has 0 bridgehead atoms. The van der Waals surface area contributed by atoms with Gasteiger partial charge in [0, 0.05) is 25.6 Å². The zero-order valence-corrected chi connectivity index (χ0v) is 12.0. The van der Waals surface area contributed by atoms with E-state index >= 15 is 0 Å². The minimum Gasteiger partial charge on any atom is -0.343 e. The molecule has 1 amide bonds. The van der Waals surface area contributed by atoms with Crippen LogP contribution in [0.3, 0.4) is 0 Å². The summed E-state index contributed by atoms with van der Waals surface area (Å²) in [4.78, 5) is 14.3. The lowest BCUT2D eigenvalue weighted by Crippen LogP contribution is -2.45. The molecule has 2 aliphatic rings. The summed E-state index contributed by atoms with van der Waals surface area (Å²) in [7, 11) is 0. The van der Waals surface area contributed by atoms with Gasteiger partial charge in [-0.3, -0.25) is 4.79 Å². The SMILES string of the molecule is CCC1(C)CCN(C(=O)CC2CCCCN2)CC1.